The maximum Gasteiger partial charge on any atom is 0.236 e. The van der Waals surface area contributed by atoms with Crippen LogP contribution >= 0.6 is 11.8 Å². The number of amides is 1. The fourth-order valence-electron chi connectivity index (χ4n) is 3.31. The average molecular weight is 334 g/mol. The van der Waals surface area contributed by atoms with E-state index in [0.717, 1.165) is 18.8 Å². The number of carbonyl (C=O) groups excluding carboxylic acids is 1. The molecule has 23 heavy (non-hydrogen) atoms. The number of hydrogen-bond donors (Lipinski definition) is 0. The summed E-state index contributed by atoms with van der Waals surface area (Å²) < 4.78 is 5.51. The van der Waals surface area contributed by atoms with Gasteiger partial charge in [-0.05, 0) is 57.5 Å². The van der Waals surface area contributed by atoms with Gasteiger partial charge in [0.15, 0.2) is 0 Å². The molecule has 2 atom stereocenters. The van der Waals surface area contributed by atoms with E-state index in [1.165, 1.54) is 31.5 Å². The van der Waals surface area contributed by atoms with Crippen LogP contribution in [0, 0.1) is 0 Å². The van der Waals surface area contributed by atoms with Crippen molar-refractivity contribution in [2.75, 3.05) is 32.8 Å². The zero-order valence-corrected chi connectivity index (χ0v) is 14.8. The van der Waals surface area contributed by atoms with E-state index in [1.54, 1.807) is 11.8 Å². The second kappa shape index (κ2) is 7.58. The van der Waals surface area contributed by atoms with Crippen molar-refractivity contribution < 1.29 is 9.53 Å². The minimum Gasteiger partial charge on any atom is -0.494 e. The fourth-order valence-corrected chi connectivity index (χ4v) is 4.62. The fraction of sp³-hybridized carbons (Fsp3) is 0.611. The normalized spacial score (nSPS) is 25.3. The largest absolute Gasteiger partial charge is 0.494 e. The van der Waals surface area contributed by atoms with Gasteiger partial charge in [-0.3, -0.25) is 4.79 Å². The van der Waals surface area contributed by atoms with Gasteiger partial charge >= 0.3 is 0 Å². The third kappa shape index (κ3) is 3.83. The van der Waals surface area contributed by atoms with Crippen molar-refractivity contribution in [1.29, 1.82) is 0 Å². The highest BCUT2D eigenvalue weighted by atomic mass is 32.2. The van der Waals surface area contributed by atoms with Crippen molar-refractivity contribution in [3.05, 3.63) is 29.8 Å². The van der Waals surface area contributed by atoms with Gasteiger partial charge in [-0.25, -0.2) is 0 Å². The smallest absolute Gasteiger partial charge is 0.236 e. The summed E-state index contributed by atoms with van der Waals surface area (Å²) >= 11 is 1.75. The summed E-state index contributed by atoms with van der Waals surface area (Å²) in [6.07, 6.45) is 2.59. The molecule has 1 amide bonds. The van der Waals surface area contributed by atoms with Gasteiger partial charge in [0.1, 0.15) is 11.1 Å². The Kier molecular flexibility index (Phi) is 5.49. The van der Waals surface area contributed by atoms with E-state index < -0.39 is 0 Å². The lowest BCUT2D eigenvalue weighted by Gasteiger charge is -2.26. The van der Waals surface area contributed by atoms with E-state index in [-0.39, 0.29) is 16.5 Å². The predicted molar refractivity (Wildman–Crippen MR) is 94.8 cm³/mol. The average Bonchev–Trinajstić information content (AvgIpc) is 3.16. The zero-order valence-electron chi connectivity index (χ0n) is 14.0. The molecule has 5 heteroatoms. The van der Waals surface area contributed by atoms with E-state index in [2.05, 4.69) is 21.9 Å². The van der Waals surface area contributed by atoms with E-state index >= 15 is 0 Å². The number of benzene rings is 1. The molecule has 0 saturated carbocycles. The van der Waals surface area contributed by atoms with Gasteiger partial charge in [0.05, 0.1) is 11.9 Å². The maximum atomic E-state index is 12.5. The molecule has 126 valence electrons. The van der Waals surface area contributed by atoms with E-state index in [9.17, 15) is 4.79 Å². The Morgan fingerprint density at radius 2 is 1.87 bits per heavy atom. The van der Waals surface area contributed by atoms with Crippen molar-refractivity contribution in [3.8, 4) is 5.75 Å². The molecule has 0 aliphatic carbocycles. The quantitative estimate of drug-likeness (QED) is 0.800. The number of hydrogen-bond acceptors (Lipinski definition) is 4. The third-order valence-corrected chi connectivity index (χ3v) is 5.97. The lowest BCUT2D eigenvalue weighted by atomic mass is 10.2. The van der Waals surface area contributed by atoms with Gasteiger partial charge in [0, 0.05) is 13.1 Å². The Balaban J connectivity index is 1.68. The molecule has 2 heterocycles. The summed E-state index contributed by atoms with van der Waals surface area (Å²) in [6.45, 7) is 8.86. The van der Waals surface area contributed by atoms with E-state index in [4.69, 9.17) is 4.74 Å². The Hall–Kier alpha value is -1.20. The monoisotopic (exact) mass is 334 g/mol. The first kappa shape index (κ1) is 16.7. The highest BCUT2D eigenvalue weighted by Crippen LogP contribution is 2.43. The van der Waals surface area contributed by atoms with Crippen LogP contribution in [0.2, 0.25) is 0 Å². The molecule has 0 unspecified atom stereocenters. The number of thioether (sulfide) groups is 1. The molecule has 0 spiro atoms. The van der Waals surface area contributed by atoms with Crippen molar-refractivity contribution in [2.24, 2.45) is 0 Å². The summed E-state index contributed by atoms with van der Waals surface area (Å²) in [7, 11) is 0. The van der Waals surface area contributed by atoms with Crippen molar-refractivity contribution in [3.63, 3.8) is 0 Å². The number of ether oxygens (including phenoxy) is 1. The van der Waals surface area contributed by atoms with Crippen LogP contribution in [0.5, 0.6) is 5.75 Å². The maximum absolute atomic E-state index is 12.5. The van der Waals surface area contributed by atoms with Crippen LogP contribution in [0.15, 0.2) is 24.3 Å². The molecular weight excluding hydrogens is 308 g/mol. The highest BCUT2D eigenvalue weighted by Gasteiger charge is 2.38. The predicted octanol–water partition coefficient (Wildman–Crippen LogP) is 3.14. The van der Waals surface area contributed by atoms with Crippen molar-refractivity contribution >= 4 is 17.7 Å². The van der Waals surface area contributed by atoms with Crippen LogP contribution in [0.3, 0.4) is 0 Å². The van der Waals surface area contributed by atoms with Crippen LogP contribution in [-0.2, 0) is 4.79 Å². The molecule has 1 aromatic rings. The standard InChI is InChI=1S/C18H26N2O2S/c1-3-22-16-8-6-15(7-9-16)18-20(17(21)14(2)23-18)13-12-19-10-4-5-11-19/h6-9,14,18H,3-5,10-13H2,1-2H3/t14-,18+/m1/s1. The molecule has 2 aliphatic rings. The third-order valence-electron chi connectivity index (χ3n) is 4.58. The van der Waals surface area contributed by atoms with Gasteiger partial charge in [0.2, 0.25) is 5.91 Å². The lowest BCUT2D eigenvalue weighted by molar-refractivity contribution is -0.130. The second-order valence-corrected chi connectivity index (χ2v) is 7.64. The van der Waals surface area contributed by atoms with Gasteiger partial charge in [-0.15, -0.1) is 11.8 Å². The van der Waals surface area contributed by atoms with Crippen LogP contribution in [0.1, 0.15) is 37.6 Å². The Bertz CT molecular complexity index is 528. The molecule has 2 fully saturated rings. The Morgan fingerprint density at radius 3 is 2.52 bits per heavy atom. The van der Waals surface area contributed by atoms with Crippen molar-refractivity contribution in [1.82, 2.24) is 9.80 Å². The van der Waals surface area contributed by atoms with E-state index in [0.29, 0.717) is 6.61 Å². The van der Waals surface area contributed by atoms with Gasteiger partial charge in [-0.2, -0.15) is 0 Å². The van der Waals surface area contributed by atoms with Gasteiger partial charge < -0.3 is 14.5 Å². The first-order chi connectivity index (χ1) is 11.2. The highest BCUT2D eigenvalue weighted by molar-refractivity contribution is 8.01. The summed E-state index contributed by atoms with van der Waals surface area (Å²) in [5, 5.41) is 0.181. The minimum atomic E-state index is 0.0464. The van der Waals surface area contributed by atoms with Crippen LogP contribution < -0.4 is 4.74 Å². The number of carbonyl (C=O) groups is 1. The Labute approximate surface area is 143 Å². The molecule has 0 bridgehead atoms. The minimum absolute atomic E-state index is 0.0464. The molecule has 2 aliphatic heterocycles. The summed E-state index contributed by atoms with van der Waals surface area (Å²) in [4.78, 5) is 17.1. The number of nitrogens with zero attached hydrogens (tertiary/aromatic N) is 2. The molecule has 2 saturated heterocycles. The molecule has 4 nitrogen and oxygen atoms in total. The second-order valence-electron chi connectivity index (χ2n) is 6.21. The van der Waals surface area contributed by atoms with Gasteiger partial charge in [0.25, 0.3) is 0 Å². The SMILES string of the molecule is CCOc1ccc([C@@H]2S[C@H](C)C(=O)N2CCN2CCCC2)cc1. The molecule has 0 radical (unpaired) electrons. The number of rotatable bonds is 6. The van der Waals surface area contributed by atoms with E-state index in [1.807, 2.05) is 26.0 Å². The number of likely N-dealkylation sites (tertiary alicyclic amines) is 1. The zero-order chi connectivity index (χ0) is 16.2. The molecule has 0 aromatic heterocycles. The summed E-state index contributed by atoms with van der Waals surface area (Å²) in [5.74, 6) is 1.16. The van der Waals surface area contributed by atoms with Gasteiger partial charge in [-0.1, -0.05) is 12.1 Å². The first-order valence-corrected chi connectivity index (χ1v) is 9.54. The summed E-state index contributed by atoms with van der Waals surface area (Å²) in [5.41, 5.74) is 1.19. The molecule has 1 aromatic carbocycles. The lowest BCUT2D eigenvalue weighted by Crippen LogP contribution is -2.37. The Morgan fingerprint density at radius 1 is 1.17 bits per heavy atom. The first-order valence-electron chi connectivity index (χ1n) is 8.60. The molecule has 3 rings (SSSR count). The van der Waals surface area contributed by atoms with Crippen LogP contribution in [-0.4, -0.2) is 53.7 Å². The summed E-state index contributed by atoms with van der Waals surface area (Å²) in [6, 6.07) is 8.20. The molecule has 0 N–H and O–H groups in total. The topological polar surface area (TPSA) is 32.8 Å². The van der Waals surface area contributed by atoms with Crippen LogP contribution in [0.25, 0.3) is 0 Å². The molecular formula is C18H26N2O2S. The van der Waals surface area contributed by atoms with Crippen LogP contribution in [0.4, 0.5) is 0 Å². The van der Waals surface area contributed by atoms with Crippen molar-refractivity contribution in [2.45, 2.75) is 37.3 Å².